The predicted molar refractivity (Wildman–Crippen MR) is 73.9 cm³/mol. The summed E-state index contributed by atoms with van der Waals surface area (Å²) < 4.78 is 18.2. The molecule has 3 N–H and O–H groups in total. The van der Waals surface area contributed by atoms with Crippen molar-refractivity contribution in [3.05, 3.63) is 45.7 Å². The Labute approximate surface area is 119 Å². The highest BCUT2D eigenvalue weighted by Crippen LogP contribution is 2.21. The van der Waals surface area contributed by atoms with E-state index in [1.54, 1.807) is 0 Å². The van der Waals surface area contributed by atoms with Crippen molar-refractivity contribution >= 4 is 17.2 Å². The van der Waals surface area contributed by atoms with E-state index >= 15 is 0 Å². The second kappa shape index (κ2) is 6.44. The number of hydrogen-bond donors (Lipinski definition) is 2. The van der Waals surface area contributed by atoms with Crippen LogP contribution >= 0.6 is 11.3 Å². The minimum Gasteiger partial charge on any atom is -0.486 e. The molecule has 1 aromatic carbocycles. The highest BCUT2D eigenvalue weighted by Gasteiger charge is 2.16. The van der Waals surface area contributed by atoms with Gasteiger partial charge in [-0.05, 0) is 30.7 Å². The van der Waals surface area contributed by atoms with Gasteiger partial charge in [-0.15, -0.1) is 11.3 Å². The molecule has 2 rings (SSSR count). The van der Waals surface area contributed by atoms with Crippen LogP contribution in [0.25, 0.3) is 0 Å². The molecule has 1 heterocycles. The van der Waals surface area contributed by atoms with E-state index in [0.717, 1.165) is 0 Å². The number of carbonyl (C=O) groups is 1. The number of nitrogen functional groups attached to an aromatic ring is 1. The van der Waals surface area contributed by atoms with Crippen LogP contribution in [-0.2, 0) is 13.0 Å². The van der Waals surface area contributed by atoms with Crippen molar-refractivity contribution < 1.29 is 13.9 Å². The first-order chi connectivity index (χ1) is 9.63. The molecular weight excluding hydrogens is 281 g/mol. The van der Waals surface area contributed by atoms with Crippen LogP contribution in [0.4, 0.5) is 4.39 Å². The number of halogens is 1. The summed E-state index contributed by atoms with van der Waals surface area (Å²) in [5.74, 6) is 5.00. The van der Waals surface area contributed by atoms with Gasteiger partial charge in [-0.2, -0.15) is 0 Å². The van der Waals surface area contributed by atoms with Crippen molar-refractivity contribution in [2.45, 2.75) is 20.0 Å². The Kier molecular flexibility index (Phi) is 4.65. The fraction of sp³-hybridized carbons (Fsp3) is 0.231. The molecule has 5 nitrogen and oxygen atoms in total. The summed E-state index contributed by atoms with van der Waals surface area (Å²) >= 11 is 1.24. The van der Waals surface area contributed by atoms with Crippen LogP contribution in [0.15, 0.2) is 24.3 Å². The van der Waals surface area contributed by atoms with Gasteiger partial charge in [-0.1, -0.05) is 6.92 Å². The molecule has 0 aliphatic heterocycles. The van der Waals surface area contributed by atoms with Crippen molar-refractivity contribution in [2.75, 3.05) is 0 Å². The third-order valence-electron chi connectivity index (χ3n) is 2.59. The molecular formula is C13H14FN3O2S. The summed E-state index contributed by atoms with van der Waals surface area (Å²) in [4.78, 5) is 16.4. The number of rotatable bonds is 5. The molecule has 20 heavy (non-hydrogen) atoms. The maximum atomic E-state index is 12.8. The van der Waals surface area contributed by atoms with E-state index in [1.807, 2.05) is 6.92 Å². The Morgan fingerprint density at radius 3 is 2.75 bits per heavy atom. The summed E-state index contributed by atoms with van der Waals surface area (Å²) in [6.45, 7) is 2.13. The smallest absolute Gasteiger partial charge is 0.277 e. The number of nitrogens with zero attached hydrogens (tertiary/aromatic N) is 1. The van der Waals surface area contributed by atoms with Gasteiger partial charge in [0.2, 0.25) is 0 Å². The van der Waals surface area contributed by atoms with Gasteiger partial charge < -0.3 is 4.74 Å². The molecule has 106 valence electrons. The van der Waals surface area contributed by atoms with Gasteiger partial charge >= 0.3 is 0 Å². The molecule has 0 bridgehead atoms. The van der Waals surface area contributed by atoms with E-state index < -0.39 is 0 Å². The van der Waals surface area contributed by atoms with E-state index in [2.05, 4.69) is 10.4 Å². The summed E-state index contributed by atoms with van der Waals surface area (Å²) in [6.07, 6.45) is 0.635. The fourth-order valence-corrected chi connectivity index (χ4v) is 2.59. The van der Waals surface area contributed by atoms with E-state index in [1.165, 1.54) is 35.6 Å². The summed E-state index contributed by atoms with van der Waals surface area (Å²) in [6, 6.07) is 5.72. The topological polar surface area (TPSA) is 77.2 Å². The van der Waals surface area contributed by atoms with Crippen LogP contribution in [0.1, 0.15) is 27.3 Å². The number of nitrogens with one attached hydrogen (secondary N) is 1. The number of nitrogens with two attached hydrogens (primary N) is 1. The fourth-order valence-electron chi connectivity index (χ4n) is 1.62. The minimum atomic E-state index is -0.354. The molecule has 0 saturated carbocycles. The van der Waals surface area contributed by atoms with Crippen LogP contribution in [0.3, 0.4) is 0 Å². The van der Waals surface area contributed by atoms with Gasteiger partial charge in [0, 0.05) is 0 Å². The third-order valence-corrected chi connectivity index (χ3v) is 3.66. The molecule has 0 atom stereocenters. The highest BCUT2D eigenvalue weighted by molar-refractivity contribution is 7.13. The molecule has 0 radical (unpaired) electrons. The van der Waals surface area contributed by atoms with Gasteiger partial charge in [0.25, 0.3) is 5.91 Å². The molecule has 1 aromatic heterocycles. The number of aryl methyl sites for hydroxylation is 1. The largest absolute Gasteiger partial charge is 0.486 e. The number of amides is 1. The quantitative estimate of drug-likeness (QED) is 0.502. The molecule has 1 amide bonds. The first kappa shape index (κ1) is 14.4. The normalized spacial score (nSPS) is 10.3. The van der Waals surface area contributed by atoms with Crippen molar-refractivity contribution in [3.63, 3.8) is 0 Å². The van der Waals surface area contributed by atoms with E-state index in [4.69, 9.17) is 10.6 Å². The zero-order valence-corrected chi connectivity index (χ0v) is 11.7. The molecule has 0 saturated heterocycles. The third kappa shape index (κ3) is 3.31. The Hall–Kier alpha value is -1.99. The SMILES string of the molecule is CCc1nc(COc2ccc(F)cc2)sc1C(=O)NN. The van der Waals surface area contributed by atoms with Crippen molar-refractivity contribution in [3.8, 4) is 5.75 Å². The van der Waals surface area contributed by atoms with Gasteiger partial charge in [0.15, 0.2) is 0 Å². The lowest BCUT2D eigenvalue weighted by molar-refractivity contribution is 0.0956. The molecule has 7 heteroatoms. The summed E-state index contributed by atoms with van der Waals surface area (Å²) in [5, 5.41) is 0.671. The average molecular weight is 295 g/mol. The summed E-state index contributed by atoms with van der Waals surface area (Å²) in [5.41, 5.74) is 2.79. The number of hydrogen-bond acceptors (Lipinski definition) is 5. The van der Waals surface area contributed by atoms with Gasteiger partial charge in [0.05, 0.1) is 5.69 Å². The molecule has 0 fully saturated rings. The Bertz CT molecular complexity index is 598. The number of aromatic nitrogens is 1. The zero-order valence-electron chi connectivity index (χ0n) is 10.9. The predicted octanol–water partition coefficient (Wildman–Crippen LogP) is 2.03. The first-order valence-corrected chi connectivity index (χ1v) is 6.83. The lowest BCUT2D eigenvalue weighted by atomic mass is 10.3. The van der Waals surface area contributed by atoms with Crippen LogP contribution in [0.2, 0.25) is 0 Å². The van der Waals surface area contributed by atoms with E-state index in [9.17, 15) is 9.18 Å². The molecule has 2 aromatic rings. The molecule has 0 unspecified atom stereocenters. The number of thiazole rings is 1. The zero-order chi connectivity index (χ0) is 14.5. The van der Waals surface area contributed by atoms with Gasteiger partial charge in [0.1, 0.15) is 28.1 Å². The highest BCUT2D eigenvalue weighted by atomic mass is 32.1. The van der Waals surface area contributed by atoms with Crippen molar-refractivity contribution in [2.24, 2.45) is 5.84 Å². The van der Waals surface area contributed by atoms with Gasteiger partial charge in [-0.3, -0.25) is 10.2 Å². The Morgan fingerprint density at radius 2 is 2.15 bits per heavy atom. The van der Waals surface area contributed by atoms with E-state index in [-0.39, 0.29) is 18.3 Å². The van der Waals surface area contributed by atoms with Crippen LogP contribution < -0.4 is 16.0 Å². The maximum Gasteiger partial charge on any atom is 0.277 e. The molecule has 0 spiro atoms. The van der Waals surface area contributed by atoms with Crippen molar-refractivity contribution in [1.82, 2.24) is 10.4 Å². The Morgan fingerprint density at radius 1 is 1.45 bits per heavy atom. The maximum absolute atomic E-state index is 12.8. The van der Waals surface area contributed by atoms with Crippen LogP contribution in [-0.4, -0.2) is 10.9 Å². The number of hydrazine groups is 1. The lowest BCUT2D eigenvalue weighted by Gasteiger charge is -2.02. The van der Waals surface area contributed by atoms with E-state index in [0.29, 0.717) is 27.7 Å². The molecule has 0 aliphatic rings. The molecule has 0 aliphatic carbocycles. The average Bonchev–Trinajstić information content (AvgIpc) is 2.89. The lowest BCUT2D eigenvalue weighted by Crippen LogP contribution is -2.30. The van der Waals surface area contributed by atoms with Gasteiger partial charge in [-0.25, -0.2) is 15.2 Å². The van der Waals surface area contributed by atoms with Crippen LogP contribution in [0, 0.1) is 5.82 Å². The summed E-state index contributed by atoms with van der Waals surface area (Å²) in [7, 11) is 0. The minimum absolute atomic E-state index is 0.223. The Balaban J connectivity index is 2.08. The number of ether oxygens (including phenoxy) is 1. The van der Waals surface area contributed by atoms with Crippen LogP contribution in [0.5, 0.6) is 5.75 Å². The monoisotopic (exact) mass is 295 g/mol. The number of carbonyl (C=O) groups excluding carboxylic acids is 1. The second-order valence-corrected chi connectivity index (χ2v) is 5.04. The first-order valence-electron chi connectivity index (χ1n) is 6.02. The second-order valence-electron chi connectivity index (χ2n) is 3.95. The van der Waals surface area contributed by atoms with Crippen molar-refractivity contribution in [1.29, 1.82) is 0 Å². The standard InChI is InChI=1S/C13H14FN3O2S/c1-2-10-12(13(18)17-15)20-11(16-10)7-19-9-5-3-8(14)4-6-9/h3-6H,2,7,15H2,1H3,(H,17,18). The number of benzene rings is 1.